The van der Waals surface area contributed by atoms with Crippen LogP contribution in [0.1, 0.15) is 35.1 Å². The number of rotatable bonds is 8. The SMILES string of the molecule is Cc1ccc(CNC(=O)C2CC[NH+](Cc3cccc(OCc4ccccc4)c3)CC2)cc1. The van der Waals surface area contributed by atoms with Gasteiger partial charge < -0.3 is 15.0 Å². The van der Waals surface area contributed by atoms with Crippen LogP contribution in [0.15, 0.2) is 78.9 Å². The Morgan fingerprint density at radius 3 is 2.38 bits per heavy atom. The third kappa shape index (κ3) is 6.44. The lowest BCUT2D eigenvalue weighted by Gasteiger charge is -2.28. The van der Waals surface area contributed by atoms with Crippen LogP contribution >= 0.6 is 0 Å². The molecule has 4 heteroatoms. The lowest BCUT2D eigenvalue weighted by atomic mass is 9.95. The molecule has 0 radical (unpaired) electrons. The van der Waals surface area contributed by atoms with Crippen molar-refractivity contribution in [2.24, 2.45) is 5.92 Å². The maximum atomic E-state index is 12.6. The molecule has 0 atom stereocenters. The van der Waals surface area contributed by atoms with E-state index in [1.165, 1.54) is 21.6 Å². The molecular formula is C28H33N2O2+. The second-order valence-electron chi connectivity index (χ2n) is 8.83. The summed E-state index contributed by atoms with van der Waals surface area (Å²) in [7, 11) is 0. The van der Waals surface area contributed by atoms with Gasteiger partial charge in [-0.1, -0.05) is 72.3 Å². The Morgan fingerprint density at radius 1 is 0.906 bits per heavy atom. The van der Waals surface area contributed by atoms with Crippen LogP contribution < -0.4 is 15.0 Å². The summed E-state index contributed by atoms with van der Waals surface area (Å²) in [6.07, 6.45) is 1.89. The zero-order valence-corrected chi connectivity index (χ0v) is 18.8. The first kappa shape index (κ1) is 22.1. The highest BCUT2D eigenvalue weighted by Crippen LogP contribution is 2.16. The minimum Gasteiger partial charge on any atom is -0.489 e. The molecule has 0 aliphatic carbocycles. The Balaban J connectivity index is 1.21. The molecule has 1 aliphatic heterocycles. The highest BCUT2D eigenvalue weighted by Gasteiger charge is 2.27. The summed E-state index contributed by atoms with van der Waals surface area (Å²) >= 11 is 0. The minimum atomic E-state index is 0.129. The molecule has 1 heterocycles. The fourth-order valence-corrected chi connectivity index (χ4v) is 4.28. The number of carbonyl (C=O) groups is 1. The topological polar surface area (TPSA) is 42.8 Å². The normalized spacial score (nSPS) is 18.2. The van der Waals surface area contributed by atoms with Crippen LogP contribution in [0.25, 0.3) is 0 Å². The van der Waals surface area contributed by atoms with Crippen molar-refractivity contribution in [2.75, 3.05) is 13.1 Å². The van der Waals surface area contributed by atoms with Gasteiger partial charge in [-0.2, -0.15) is 0 Å². The lowest BCUT2D eigenvalue weighted by molar-refractivity contribution is -0.919. The molecule has 1 amide bonds. The number of aryl methyl sites for hydroxylation is 1. The van der Waals surface area contributed by atoms with E-state index in [9.17, 15) is 4.79 Å². The van der Waals surface area contributed by atoms with Crippen LogP contribution in [0, 0.1) is 12.8 Å². The van der Waals surface area contributed by atoms with Gasteiger partial charge in [-0.05, 0) is 30.2 Å². The van der Waals surface area contributed by atoms with Gasteiger partial charge in [-0.3, -0.25) is 4.79 Å². The summed E-state index contributed by atoms with van der Waals surface area (Å²) in [6, 6.07) is 27.0. The molecule has 0 unspecified atom stereocenters. The number of hydrogen-bond acceptors (Lipinski definition) is 2. The standard InChI is InChI=1S/C28H32N2O2/c1-22-10-12-23(13-11-22)19-29-28(31)26-14-16-30(17-15-26)20-25-8-5-9-27(18-25)32-21-24-6-3-2-4-7-24/h2-13,18,26H,14-17,19-21H2,1H3,(H,29,31)/p+1. The summed E-state index contributed by atoms with van der Waals surface area (Å²) < 4.78 is 5.98. The van der Waals surface area contributed by atoms with Crippen molar-refractivity contribution >= 4 is 5.91 Å². The average Bonchev–Trinajstić information content (AvgIpc) is 2.84. The second kappa shape index (κ2) is 11.0. The number of hydrogen-bond donors (Lipinski definition) is 2. The van der Waals surface area contributed by atoms with Crippen LogP contribution in [0.3, 0.4) is 0 Å². The number of ether oxygens (including phenoxy) is 1. The minimum absolute atomic E-state index is 0.129. The molecule has 3 aromatic rings. The van der Waals surface area contributed by atoms with Crippen molar-refractivity contribution in [3.05, 3.63) is 101 Å². The van der Waals surface area contributed by atoms with Gasteiger partial charge in [0.25, 0.3) is 0 Å². The number of carbonyl (C=O) groups excluding carboxylic acids is 1. The van der Waals surface area contributed by atoms with Gasteiger partial charge in [0, 0.05) is 30.9 Å². The molecule has 166 valence electrons. The maximum Gasteiger partial charge on any atom is 0.223 e. The molecule has 1 fully saturated rings. The second-order valence-corrected chi connectivity index (χ2v) is 8.83. The Bertz CT molecular complexity index is 993. The molecular weight excluding hydrogens is 396 g/mol. The molecule has 0 spiro atoms. The van der Waals surface area contributed by atoms with Crippen molar-refractivity contribution in [1.82, 2.24) is 5.32 Å². The fraction of sp³-hybridized carbons (Fsp3) is 0.321. The molecule has 32 heavy (non-hydrogen) atoms. The highest BCUT2D eigenvalue weighted by molar-refractivity contribution is 5.78. The summed E-state index contributed by atoms with van der Waals surface area (Å²) in [5.41, 5.74) is 4.85. The van der Waals surface area contributed by atoms with Crippen molar-refractivity contribution in [1.29, 1.82) is 0 Å². The summed E-state index contributed by atoms with van der Waals surface area (Å²) in [5.74, 6) is 1.24. The van der Waals surface area contributed by atoms with Gasteiger partial charge in [0.1, 0.15) is 18.9 Å². The summed E-state index contributed by atoms with van der Waals surface area (Å²) in [6.45, 7) is 6.30. The Kier molecular flexibility index (Phi) is 7.57. The van der Waals surface area contributed by atoms with Crippen LogP contribution in [0.2, 0.25) is 0 Å². The summed E-state index contributed by atoms with van der Waals surface area (Å²) in [5, 5.41) is 3.12. The van der Waals surface area contributed by atoms with E-state index in [2.05, 4.69) is 66.8 Å². The van der Waals surface area contributed by atoms with Crippen molar-refractivity contribution in [3.63, 3.8) is 0 Å². The maximum absolute atomic E-state index is 12.6. The predicted molar refractivity (Wildman–Crippen MR) is 127 cm³/mol. The molecule has 0 aromatic heterocycles. The molecule has 4 nitrogen and oxygen atoms in total. The van der Waals surface area contributed by atoms with Gasteiger partial charge in [0.2, 0.25) is 5.91 Å². The largest absolute Gasteiger partial charge is 0.489 e. The Hall–Kier alpha value is -3.11. The van der Waals surface area contributed by atoms with Crippen LogP contribution in [-0.2, 0) is 24.5 Å². The number of piperidine rings is 1. The number of benzene rings is 3. The lowest BCUT2D eigenvalue weighted by Crippen LogP contribution is -3.11. The number of nitrogens with one attached hydrogen (secondary N) is 2. The molecule has 4 rings (SSSR count). The van der Waals surface area contributed by atoms with Gasteiger partial charge >= 0.3 is 0 Å². The van der Waals surface area contributed by atoms with E-state index in [1.54, 1.807) is 0 Å². The van der Waals surface area contributed by atoms with Crippen molar-refractivity contribution in [3.8, 4) is 5.75 Å². The van der Waals surface area contributed by atoms with Crippen molar-refractivity contribution in [2.45, 2.75) is 39.5 Å². The van der Waals surface area contributed by atoms with Gasteiger partial charge in [-0.25, -0.2) is 0 Å². The van der Waals surface area contributed by atoms with E-state index in [4.69, 9.17) is 4.74 Å². The van der Waals surface area contributed by atoms with E-state index in [0.29, 0.717) is 13.2 Å². The first-order chi connectivity index (χ1) is 15.7. The quantitative estimate of drug-likeness (QED) is 0.574. The van der Waals surface area contributed by atoms with Gasteiger partial charge in [0.15, 0.2) is 0 Å². The smallest absolute Gasteiger partial charge is 0.223 e. The average molecular weight is 430 g/mol. The molecule has 0 saturated carbocycles. The number of likely N-dealkylation sites (tertiary alicyclic amines) is 1. The summed E-state index contributed by atoms with van der Waals surface area (Å²) in [4.78, 5) is 14.1. The molecule has 2 N–H and O–H groups in total. The van der Waals surface area contributed by atoms with Crippen LogP contribution in [0.4, 0.5) is 0 Å². The molecule has 3 aromatic carbocycles. The first-order valence-corrected chi connectivity index (χ1v) is 11.6. The third-order valence-corrected chi connectivity index (χ3v) is 6.25. The van der Waals surface area contributed by atoms with Crippen LogP contribution in [-0.4, -0.2) is 19.0 Å². The van der Waals surface area contributed by atoms with E-state index in [0.717, 1.165) is 43.8 Å². The van der Waals surface area contributed by atoms with E-state index < -0.39 is 0 Å². The number of quaternary nitrogens is 1. The number of amides is 1. The van der Waals surface area contributed by atoms with Gasteiger partial charge in [-0.15, -0.1) is 0 Å². The zero-order valence-electron chi connectivity index (χ0n) is 18.8. The molecule has 0 bridgehead atoms. The zero-order chi connectivity index (χ0) is 22.2. The van der Waals surface area contributed by atoms with E-state index >= 15 is 0 Å². The monoisotopic (exact) mass is 429 g/mol. The van der Waals surface area contributed by atoms with Gasteiger partial charge in [0.05, 0.1) is 13.1 Å². The van der Waals surface area contributed by atoms with E-state index in [-0.39, 0.29) is 11.8 Å². The van der Waals surface area contributed by atoms with E-state index in [1.807, 2.05) is 24.3 Å². The molecule has 1 aliphatic rings. The van der Waals surface area contributed by atoms with Crippen molar-refractivity contribution < 1.29 is 14.4 Å². The fourth-order valence-electron chi connectivity index (χ4n) is 4.28. The molecule has 1 saturated heterocycles. The predicted octanol–water partition coefficient (Wildman–Crippen LogP) is 3.69. The highest BCUT2D eigenvalue weighted by atomic mass is 16.5. The first-order valence-electron chi connectivity index (χ1n) is 11.6. The Labute approximate surface area is 191 Å². The third-order valence-electron chi connectivity index (χ3n) is 6.25. The Morgan fingerprint density at radius 2 is 1.62 bits per heavy atom. The van der Waals surface area contributed by atoms with Crippen LogP contribution in [0.5, 0.6) is 5.75 Å².